The van der Waals surface area contributed by atoms with Crippen LogP contribution in [0.1, 0.15) is 66.1 Å². The molecule has 4 rings (SSSR count). The molecule has 1 aliphatic rings. The summed E-state index contributed by atoms with van der Waals surface area (Å²) in [5, 5.41) is 7.02. The summed E-state index contributed by atoms with van der Waals surface area (Å²) in [4.78, 5) is 44.7. The quantitative estimate of drug-likeness (QED) is 0.321. The third-order valence-electron chi connectivity index (χ3n) is 7.17. The number of carbonyl (C=O) groups excluding carboxylic acids is 3. The van der Waals surface area contributed by atoms with Gasteiger partial charge in [0.25, 0.3) is 5.91 Å². The van der Waals surface area contributed by atoms with E-state index in [1.165, 1.54) is 12.0 Å². The van der Waals surface area contributed by atoms with Crippen LogP contribution in [0, 0.1) is 20.8 Å². The Hall–Kier alpha value is -4.33. The van der Waals surface area contributed by atoms with Gasteiger partial charge >= 0.3 is 12.0 Å². The molecular formula is C32H37N3O5. The highest BCUT2D eigenvalue weighted by Crippen LogP contribution is 2.34. The highest BCUT2D eigenvalue weighted by Gasteiger charge is 2.31. The van der Waals surface area contributed by atoms with Gasteiger partial charge in [0.15, 0.2) is 0 Å². The molecule has 3 aromatic carbocycles. The third kappa shape index (κ3) is 6.62. The van der Waals surface area contributed by atoms with Crippen molar-refractivity contribution in [3.8, 4) is 16.9 Å². The summed E-state index contributed by atoms with van der Waals surface area (Å²) < 4.78 is 5.54. The number of ether oxygens (including phenoxy) is 1. The van der Waals surface area contributed by atoms with Crippen molar-refractivity contribution < 1.29 is 24.0 Å². The Bertz CT molecular complexity index is 1390. The number of amides is 3. The van der Waals surface area contributed by atoms with Gasteiger partial charge < -0.3 is 20.2 Å². The second kappa shape index (κ2) is 12.7. The van der Waals surface area contributed by atoms with E-state index in [1.807, 2.05) is 57.2 Å². The Kier molecular flexibility index (Phi) is 9.09. The molecule has 0 heterocycles. The molecule has 0 aliphatic heterocycles. The molecule has 0 unspecified atom stereocenters. The average molecular weight is 544 g/mol. The number of hydrogen-bond donors (Lipinski definition) is 2. The van der Waals surface area contributed by atoms with Crippen LogP contribution in [0.2, 0.25) is 0 Å². The monoisotopic (exact) mass is 543 g/mol. The molecule has 3 amide bonds. The van der Waals surface area contributed by atoms with E-state index < -0.39 is 17.9 Å². The Balaban J connectivity index is 1.74. The van der Waals surface area contributed by atoms with Gasteiger partial charge in [-0.2, -0.15) is 5.06 Å². The van der Waals surface area contributed by atoms with Gasteiger partial charge in [0, 0.05) is 18.2 Å². The fourth-order valence-corrected chi connectivity index (χ4v) is 5.38. The maximum absolute atomic E-state index is 13.9. The molecule has 0 spiro atoms. The van der Waals surface area contributed by atoms with Gasteiger partial charge in [0.05, 0.1) is 24.4 Å². The van der Waals surface area contributed by atoms with Gasteiger partial charge in [-0.25, -0.2) is 4.79 Å². The molecule has 8 heteroatoms. The zero-order valence-corrected chi connectivity index (χ0v) is 23.8. The fourth-order valence-electron chi connectivity index (χ4n) is 5.38. The van der Waals surface area contributed by atoms with Crippen LogP contribution in [0.15, 0.2) is 54.6 Å². The topological polar surface area (TPSA) is 97.0 Å². The fraction of sp³-hybridized carbons (Fsp3) is 0.344. The lowest BCUT2D eigenvalue weighted by Gasteiger charge is -2.32. The first-order valence-corrected chi connectivity index (χ1v) is 13.6. The second-order valence-corrected chi connectivity index (χ2v) is 10.3. The maximum atomic E-state index is 13.9. The molecule has 0 saturated heterocycles. The minimum Gasteiger partial charge on any atom is -0.496 e. The number of hydroxylamine groups is 2. The number of carbonyl (C=O) groups is 3. The first-order valence-electron chi connectivity index (χ1n) is 13.6. The molecule has 210 valence electrons. The number of hydrogen-bond acceptors (Lipinski definition) is 5. The van der Waals surface area contributed by atoms with Crippen molar-refractivity contribution in [1.82, 2.24) is 5.06 Å². The predicted octanol–water partition coefficient (Wildman–Crippen LogP) is 7.18. The van der Waals surface area contributed by atoms with Crippen LogP contribution < -0.4 is 15.4 Å². The largest absolute Gasteiger partial charge is 0.496 e. The van der Waals surface area contributed by atoms with Crippen LogP contribution in [0.5, 0.6) is 5.75 Å². The summed E-state index contributed by atoms with van der Waals surface area (Å²) in [7, 11) is 1.59. The SMILES string of the molecule is COc1ccccc1-c1ccc(C(=O)N(OC(C)=O)C2CCCCC2)c(NC(=O)Nc2c(C)cc(C)cc2C)c1. The molecule has 1 aliphatic carbocycles. The van der Waals surface area contributed by atoms with Crippen molar-refractivity contribution in [2.45, 2.75) is 65.8 Å². The van der Waals surface area contributed by atoms with E-state index in [2.05, 4.69) is 10.6 Å². The molecule has 8 nitrogen and oxygen atoms in total. The molecule has 0 radical (unpaired) electrons. The van der Waals surface area contributed by atoms with E-state index in [-0.39, 0.29) is 11.6 Å². The number of urea groups is 1. The molecule has 1 fully saturated rings. The van der Waals surface area contributed by atoms with E-state index in [0.717, 1.165) is 59.9 Å². The van der Waals surface area contributed by atoms with E-state index >= 15 is 0 Å². The number of nitrogens with one attached hydrogen (secondary N) is 2. The van der Waals surface area contributed by atoms with Crippen LogP contribution in [-0.2, 0) is 9.63 Å². The molecule has 40 heavy (non-hydrogen) atoms. The van der Waals surface area contributed by atoms with Crippen molar-refractivity contribution >= 4 is 29.3 Å². The van der Waals surface area contributed by atoms with Gasteiger partial charge in [0.2, 0.25) is 0 Å². The van der Waals surface area contributed by atoms with E-state index in [1.54, 1.807) is 25.3 Å². The molecule has 3 aromatic rings. The Morgan fingerprint density at radius 1 is 0.875 bits per heavy atom. The number of anilines is 2. The number of para-hydroxylation sites is 1. The number of nitrogens with zero attached hydrogens (tertiary/aromatic N) is 1. The van der Waals surface area contributed by atoms with Crippen LogP contribution >= 0.6 is 0 Å². The summed E-state index contributed by atoms with van der Waals surface area (Å²) in [6.45, 7) is 7.17. The number of methoxy groups -OCH3 is 1. The Labute approximate surface area is 235 Å². The highest BCUT2D eigenvalue weighted by atomic mass is 16.7. The highest BCUT2D eigenvalue weighted by molar-refractivity contribution is 6.07. The Morgan fingerprint density at radius 3 is 2.20 bits per heavy atom. The van der Waals surface area contributed by atoms with E-state index in [9.17, 15) is 14.4 Å². The lowest BCUT2D eigenvalue weighted by molar-refractivity contribution is -0.185. The van der Waals surface area contributed by atoms with Gasteiger partial charge in [-0.05, 0) is 68.5 Å². The molecule has 1 saturated carbocycles. The molecule has 2 N–H and O–H groups in total. The van der Waals surface area contributed by atoms with E-state index in [4.69, 9.17) is 9.57 Å². The number of aryl methyl sites for hydroxylation is 3. The van der Waals surface area contributed by atoms with E-state index in [0.29, 0.717) is 17.1 Å². The summed E-state index contributed by atoms with van der Waals surface area (Å²) in [5.74, 6) is -0.388. The van der Waals surface area contributed by atoms with Crippen molar-refractivity contribution in [2.75, 3.05) is 17.7 Å². The normalized spacial score (nSPS) is 13.3. The minimum absolute atomic E-state index is 0.220. The van der Waals surface area contributed by atoms with Crippen LogP contribution in [0.4, 0.5) is 16.2 Å². The lowest BCUT2D eigenvalue weighted by Crippen LogP contribution is -2.42. The van der Waals surface area contributed by atoms with Crippen LogP contribution in [0.3, 0.4) is 0 Å². The van der Waals surface area contributed by atoms with Crippen molar-refractivity contribution in [3.63, 3.8) is 0 Å². The predicted molar refractivity (Wildman–Crippen MR) is 157 cm³/mol. The van der Waals surface area contributed by atoms with Gasteiger partial charge in [-0.1, -0.05) is 61.2 Å². The Morgan fingerprint density at radius 2 is 1.55 bits per heavy atom. The first-order chi connectivity index (χ1) is 19.2. The summed E-state index contributed by atoms with van der Waals surface area (Å²) in [6.07, 6.45) is 4.47. The second-order valence-electron chi connectivity index (χ2n) is 10.3. The van der Waals surface area contributed by atoms with Gasteiger partial charge in [0.1, 0.15) is 5.75 Å². The standard InChI is InChI=1S/C32H37N3O5/c1-20-17-21(2)30(22(3)18-20)34-32(38)33-28-19-24(26-13-9-10-14-29(26)39-5)15-16-27(28)31(37)35(40-23(4)36)25-11-7-6-8-12-25/h9-10,13-19,25H,6-8,11-12H2,1-5H3,(H2,33,34,38). The number of benzene rings is 3. The van der Waals surface area contributed by atoms with Gasteiger partial charge in [-0.15, -0.1) is 0 Å². The molecule has 0 atom stereocenters. The summed E-state index contributed by atoms with van der Waals surface area (Å²) in [6, 6.07) is 16.0. The van der Waals surface area contributed by atoms with Crippen LogP contribution in [0.25, 0.3) is 11.1 Å². The van der Waals surface area contributed by atoms with Crippen LogP contribution in [-0.4, -0.2) is 36.1 Å². The zero-order valence-electron chi connectivity index (χ0n) is 23.8. The molecular weight excluding hydrogens is 506 g/mol. The lowest BCUT2D eigenvalue weighted by atomic mass is 9.94. The van der Waals surface area contributed by atoms with Crippen molar-refractivity contribution in [1.29, 1.82) is 0 Å². The van der Waals surface area contributed by atoms with Gasteiger partial charge in [-0.3, -0.25) is 9.59 Å². The number of rotatable bonds is 6. The summed E-state index contributed by atoms with van der Waals surface area (Å²) >= 11 is 0. The average Bonchev–Trinajstić information content (AvgIpc) is 2.93. The summed E-state index contributed by atoms with van der Waals surface area (Å²) in [5.41, 5.74) is 5.76. The minimum atomic E-state index is -0.567. The zero-order chi connectivity index (χ0) is 28.8. The third-order valence-corrected chi connectivity index (χ3v) is 7.17. The smallest absolute Gasteiger partial charge is 0.329 e. The molecule has 0 aromatic heterocycles. The van der Waals surface area contributed by atoms with Crippen molar-refractivity contribution in [3.05, 3.63) is 76.9 Å². The first kappa shape index (κ1) is 28.7. The van der Waals surface area contributed by atoms with Crippen molar-refractivity contribution in [2.24, 2.45) is 0 Å². The molecule has 0 bridgehead atoms. The maximum Gasteiger partial charge on any atom is 0.329 e.